The van der Waals surface area contributed by atoms with Gasteiger partial charge in [-0.05, 0) is 35.7 Å². The van der Waals surface area contributed by atoms with E-state index in [0.717, 1.165) is 5.56 Å². The number of benzene rings is 1. The number of anilines is 1. The second kappa shape index (κ2) is 9.25. The van der Waals surface area contributed by atoms with Gasteiger partial charge in [0.05, 0.1) is 5.92 Å². The highest BCUT2D eigenvalue weighted by molar-refractivity contribution is 6.01. The molecule has 0 aliphatic carbocycles. The zero-order chi connectivity index (χ0) is 22.7. The third-order valence-corrected chi connectivity index (χ3v) is 5.63. The number of aromatic nitrogens is 1. The number of rotatable bonds is 7. The number of ether oxygens (including phenoxy) is 2. The summed E-state index contributed by atoms with van der Waals surface area (Å²) in [7, 11) is 0. The molecule has 3 heterocycles. The van der Waals surface area contributed by atoms with Crippen LogP contribution in [0, 0.1) is 11.8 Å². The number of pyridine rings is 1. The van der Waals surface area contributed by atoms with Gasteiger partial charge in [0.25, 0.3) is 0 Å². The average Bonchev–Trinajstić information content (AvgIpc) is 3.42. The molecule has 0 saturated carbocycles. The summed E-state index contributed by atoms with van der Waals surface area (Å²) in [6, 6.07) is 8.20. The Balaban J connectivity index is 1.37. The predicted octanol–water partition coefficient (Wildman–Crippen LogP) is 1.62. The minimum absolute atomic E-state index is 0.0870. The highest BCUT2D eigenvalue weighted by Gasteiger charge is 2.37. The van der Waals surface area contributed by atoms with Gasteiger partial charge in [0.1, 0.15) is 6.04 Å². The third kappa shape index (κ3) is 4.66. The second-order valence-corrected chi connectivity index (χ2v) is 8.25. The summed E-state index contributed by atoms with van der Waals surface area (Å²) >= 11 is 0. The van der Waals surface area contributed by atoms with E-state index in [1.807, 2.05) is 26.0 Å². The Bertz CT molecular complexity index is 1010. The lowest BCUT2D eigenvalue weighted by Gasteiger charge is -2.23. The summed E-state index contributed by atoms with van der Waals surface area (Å²) in [5.74, 6) is -0.157. The fraction of sp³-hybridized carbons (Fsp3) is 0.391. The first-order valence-corrected chi connectivity index (χ1v) is 10.6. The van der Waals surface area contributed by atoms with Gasteiger partial charge in [-0.1, -0.05) is 13.8 Å². The van der Waals surface area contributed by atoms with Gasteiger partial charge < -0.3 is 25.0 Å². The van der Waals surface area contributed by atoms with Crippen molar-refractivity contribution in [1.29, 1.82) is 0 Å². The van der Waals surface area contributed by atoms with Gasteiger partial charge in [-0.2, -0.15) is 0 Å². The Morgan fingerprint density at radius 3 is 2.66 bits per heavy atom. The third-order valence-electron chi connectivity index (χ3n) is 5.63. The van der Waals surface area contributed by atoms with E-state index in [4.69, 9.17) is 9.47 Å². The van der Waals surface area contributed by atoms with Crippen molar-refractivity contribution in [1.82, 2.24) is 15.6 Å². The van der Waals surface area contributed by atoms with Crippen LogP contribution in [0.5, 0.6) is 11.5 Å². The van der Waals surface area contributed by atoms with Crippen LogP contribution in [-0.2, 0) is 20.9 Å². The SMILES string of the molecule is CC(C)[C@H](NC(=O)C1CC(=O)N(c2ccc3c(c2)OCO3)C1)C(=O)NCc1ccncc1. The number of nitrogens with one attached hydrogen (secondary N) is 2. The van der Waals surface area contributed by atoms with E-state index in [-0.39, 0.29) is 43.4 Å². The molecule has 9 nitrogen and oxygen atoms in total. The standard InChI is InChI=1S/C23H26N4O5/c1-14(2)21(23(30)25-11-15-5-7-24-8-6-15)26-22(29)16-9-20(28)27(12-16)17-3-4-18-19(10-17)32-13-31-18/h3-8,10,14,16,21H,9,11-13H2,1-2H3,(H,25,30)(H,26,29)/t16?,21-/m0/s1. The maximum Gasteiger partial charge on any atom is 0.243 e. The van der Waals surface area contributed by atoms with Crippen LogP contribution in [0.1, 0.15) is 25.8 Å². The molecule has 1 saturated heterocycles. The second-order valence-electron chi connectivity index (χ2n) is 8.25. The first kappa shape index (κ1) is 21.6. The van der Waals surface area contributed by atoms with Gasteiger partial charge in [-0.3, -0.25) is 19.4 Å². The average molecular weight is 438 g/mol. The van der Waals surface area contributed by atoms with Crippen molar-refractivity contribution in [3.63, 3.8) is 0 Å². The van der Waals surface area contributed by atoms with Crippen LogP contribution in [-0.4, -0.2) is 42.1 Å². The molecular weight excluding hydrogens is 412 g/mol. The lowest BCUT2D eigenvalue weighted by Crippen LogP contribution is -2.51. The van der Waals surface area contributed by atoms with Crippen molar-refractivity contribution in [2.75, 3.05) is 18.2 Å². The molecule has 1 unspecified atom stereocenters. The summed E-state index contributed by atoms with van der Waals surface area (Å²) in [6.45, 7) is 4.48. The zero-order valence-electron chi connectivity index (χ0n) is 18.0. The van der Waals surface area contributed by atoms with E-state index >= 15 is 0 Å². The molecule has 2 aliphatic rings. The Kier molecular flexibility index (Phi) is 6.25. The number of fused-ring (bicyclic) bond motifs is 1. The summed E-state index contributed by atoms with van der Waals surface area (Å²) in [4.78, 5) is 43.8. The van der Waals surface area contributed by atoms with Crippen LogP contribution in [0.25, 0.3) is 0 Å². The van der Waals surface area contributed by atoms with E-state index < -0.39 is 12.0 Å². The van der Waals surface area contributed by atoms with Gasteiger partial charge in [-0.15, -0.1) is 0 Å². The molecule has 2 atom stereocenters. The first-order chi connectivity index (χ1) is 15.4. The Morgan fingerprint density at radius 2 is 1.91 bits per heavy atom. The van der Waals surface area contributed by atoms with Crippen molar-refractivity contribution in [2.24, 2.45) is 11.8 Å². The molecule has 1 aromatic heterocycles. The molecule has 4 rings (SSSR count). The van der Waals surface area contributed by atoms with E-state index in [9.17, 15) is 14.4 Å². The number of hydrogen-bond donors (Lipinski definition) is 2. The molecule has 0 bridgehead atoms. The lowest BCUT2D eigenvalue weighted by molar-refractivity contribution is -0.132. The fourth-order valence-electron chi connectivity index (χ4n) is 3.79. The van der Waals surface area contributed by atoms with E-state index in [1.54, 1.807) is 35.5 Å². The van der Waals surface area contributed by atoms with Crippen LogP contribution in [0.4, 0.5) is 5.69 Å². The summed E-state index contributed by atoms with van der Waals surface area (Å²) < 4.78 is 10.7. The molecule has 0 radical (unpaired) electrons. The molecule has 32 heavy (non-hydrogen) atoms. The predicted molar refractivity (Wildman–Crippen MR) is 116 cm³/mol. The van der Waals surface area contributed by atoms with Crippen LogP contribution in [0.2, 0.25) is 0 Å². The van der Waals surface area contributed by atoms with Gasteiger partial charge in [-0.25, -0.2) is 0 Å². The highest BCUT2D eigenvalue weighted by Crippen LogP contribution is 2.37. The van der Waals surface area contributed by atoms with Gasteiger partial charge in [0, 0.05) is 43.7 Å². The molecule has 2 aliphatic heterocycles. The summed E-state index contributed by atoms with van der Waals surface area (Å²) in [5.41, 5.74) is 1.58. The molecule has 2 N–H and O–H groups in total. The monoisotopic (exact) mass is 438 g/mol. The topological polar surface area (TPSA) is 110 Å². The maximum absolute atomic E-state index is 12.9. The van der Waals surface area contributed by atoms with Gasteiger partial charge in [0.2, 0.25) is 24.5 Å². The zero-order valence-corrected chi connectivity index (χ0v) is 18.0. The molecule has 168 valence electrons. The quantitative estimate of drug-likeness (QED) is 0.680. The number of carbonyl (C=O) groups excluding carboxylic acids is 3. The Labute approximate surface area is 186 Å². The minimum atomic E-state index is -0.695. The molecule has 2 aromatic rings. The summed E-state index contributed by atoms with van der Waals surface area (Å²) in [6.07, 6.45) is 3.40. The molecular formula is C23H26N4O5. The van der Waals surface area contributed by atoms with Crippen LogP contribution < -0.4 is 25.0 Å². The molecule has 1 fully saturated rings. The van der Waals surface area contributed by atoms with Crippen molar-refractivity contribution >= 4 is 23.4 Å². The Hall–Kier alpha value is -3.62. The van der Waals surface area contributed by atoms with E-state index in [2.05, 4.69) is 15.6 Å². The van der Waals surface area contributed by atoms with Crippen LogP contribution in [0.15, 0.2) is 42.7 Å². The maximum atomic E-state index is 12.9. The molecule has 3 amide bonds. The van der Waals surface area contributed by atoms with E-state index in [0.29, 0.717) is 23.7 Å². The van der Waals surface area contributed by atoms with Gasteiger partial charge >= 0.3 is 0 Å². The normalized spacial score (nSPS) is 18.0. The number of carbonyl (C=O) groups is 3. The number of nitrogens with zero attached hydrogens (tertiary/aromatic N) is 2. The van der Waals surface area contributed by atoms with E-state index in [1.165, 1.54) is 0 Å². The largest absolute Gasteiger partial charge is 0.454 e. The van der Waals surface area contributed by atoms with Gasteiger partial charge in [0.15, 0.2) is 11.5 Å². The minimum Gasteiger partial charge on any atom is -0.454 e. The molecule has 0 spiro atoms. The van der Waals surface area contributed by atoms with Crippen molar-refractivity contribution in [2.45, 2.75) is 32.9 Å². The summed E-state index contributed by atoms with van der Waals surface area (Å²) in [5, 5.41) is 5.70. The smallest absolute Gasteiger partial charge is 0.243 e. The fourth-order valence-corrected chi connectivity index (χ4v) is 3.79. The van der Waals surface area contributed by atoms with Crippen molar-refractivity contribution in [3.05, 3.63) is 48.3 Å². The number of hydrogen-bond acceptors (Lipinski definition) is 6. The van der Waals surface area contributed by atoms with Crippen molar-refractivity contribution in [3.8, 4) is 11.5 Å². The van der Waals surface area contributed by atoms with Crippen LogP contribution >= 0.6 is 0 Å². The Morgan fingerprint density at radius 1 is 1.16 bits per heavy atom. The highest BCUT2D eigenvalue weighted by atomic mass is 16.7. The first-order valence-electron chi connectivity index (χ1n) is 10.6. The number of amides is 3. The van der Waals surface area contributed by atoms with Crippen molar-refractivity contribution < 1.29 is 23.9 Å². The van der Waals surface area contributed by atoms with Crippen LogP contribution in [0.3, 0.4) is 0 Å². The lowest BCUT2D eigenvalue weighted by atomic mass is 10.0. The molecule has 1 aromatic carbocycles. The molecule has 9 heteroatoms.